The lowest BCUT2D eigenvalue weighted by Crippen LogP contribution is -2.28. The van der Waals surface area contributed by atoms with E-state index in [-0.39, 0.29) is 11.3 Å². The first-order valence-electron chi connectivity index (χ1n) is 10.3. The van der Waals surface area contributed by atoms with Gasteiger partial charge in [0, 0.05) is 29.0 Å². The van der Waals surface area contributed by atoms with Crippen molar-refractivity contribution in [2.75, 3.05) is 0 Å². The standard InChI is InChI=1S/C24H27N3O2S/c1-24(2,3)17-8-9-19-20(12-17)30-23(27-14-16-6-4-10-25-13-16)21(19)22(28)26-15-18-7-5-11-29-18/h4-7,10-11,13-14,17H,8-9,12,15H2,1-3H3,(H,26,28)/t17-/m1/s1. The summed E-state index contributed by atoms with van der Waals surface area (Å²) < 4.78 is 5.35. The highest BCUT2D eigenvalue weighted by Crippen LogP contribution is 2.45. The lowest BCUT2D eigenvalue weighted by Gasteiger charge is -2.33. The fourth-order valence-corrected chi connectivity index (χ4v) is 5.16. The van der Waals surface area contributed by atoms with Crippen molar-refractivity contribution in [3.05, 3.63) is 70.3 Å². The third kappa shape index (κ3) is 4.54. The van der Waals surface area contributed by atoms with E-state index in [4.69, 9.17) is 9.41 Å². The average Bonchev–Trinajstić information content (AvgIpc) is 3.37. The van der Waals surface area contributed by atoms with E-state index in [0.717, 1.165) is 41.2 Å². The first-order chi connectivity index (χ1) is 14.4. The summed E-state index contributed by atoms with van der Waals surface area (Å²) in [6, 6.07) is 7.52. The maximum atomic E-state index is 13.2. The van der Waals surface area contributed by atoms with Gasteiger partial charge < -0.3 is 9.73 Å². The highest BCUT2D eigenvalue weighted by molar-refractivity contribution is 7.16. The quantitative estimate of drug-likeness (QED) is 0.548. The lowest BCUT2D eigenvalue weighted by atomic mass is 9.72. The minimum absolute atomic E-state index is 0.0866. The molecule has 0 saturated heterocycles. The molecule has 6 heteroatoms. The zero-order chi connectivity index (χ0) is 21.1. The molecule has 0 radical (unpaired) electrons. The molecule has 1 atom stereocenters. The van der Waals surface area contributed by atoms with Crippen molar-refractivity contribution >= 4 is 28.5 Å². The van der Waals surface area contributed by atoms with Crippen LogP contribution in [0.15, 0.2) is 52.3 Å². The fourth-order valence-electron chi connectivity index (χ4n) is 3.89. The average molecular weight is 422 g/mol. The SMILES string of the molecule is CC(C)(C)[C@@H]1CCc2c(sc(N=Cc3cccnc3)c2C(=O)NCc2ccco2)C1. The molecule has 0 spiro atoms. The molecular formula is C24H27N3O2S. The van der Waals surface area contributed by atoms with Crippen molar-refractivity contribution in [1.29, 1.82) is 0 Å². The van der Waals surface area contributed by atoms with Gasteiger partial charge in [0.2, 0.25) is 0 Å². The maximum absolute atomic E-state index is 13.2. The van der Waals surface area contributed by atoms with Crippen LogP contribution >= 0.6 is 11.3 Å². The van der Waals surface area contributed by atoms with Crippen LogP contribution in [0.1, 0.15) is 59.3 Å². The van der Waals surface area contributed by atoms with E-state index in [0.29, 0.717) is 18.0 Å². The number of hydrogen-bond donors (Lipinski definition) is 1. The molecule has 1 aliphatic rings. The normalized spacial score (nSPS) is 16.6. The molecular weight excluding hydrogens is 394 g/mol. The van der Waals surface area contributed by atoms with Crippen molar-refractivity contribution in [3.8, 4) is 0 Å². The Hall–Kier alpha value is -2.73. The number of aromatic nitrogens is 1. The number of pyridine rings is 1. The van der Waals surface area contributed by atoms with E-state index >= 15 is 0 Å². The molecule has 0 aromatic carbocycles. The third-order valence-corrected chi connectivity index (χ3v) is 6.88. The van der Waals surface area contributed by atoms with E-state index < -0.39 is 0 Å². The molecule has 1 N–H and O–H groups in total. The predicted octanol–water partition coefficient (Wildman–Crippen LogP) is 5.57. The zero-order valence-electron chi connectivity index (χ0n) is 17.6. The Labute approximate surface area is 181 Å². The van der Waals surface area contributed by atoms with Crippen LogP contribution in [-0.4, -0.2) is 17.1 Å². The van der Waals surface area contributed by atoms with Crippen LogP contribution in [0.3, 0.4) is 0 Å². The topological polar surface area (TPSA) is 67.5 Å². The van der Waals surface area contributed by atoms with Gasteiger partial charge in [0.25, 0.3) is 5.91 Å². The van der Waals surface area contributed by atoms with Gasteiger partial charge in [-0.15, -0.1) is 11.3 Å². The molecule has 0 saturated carbocycles. The lowest BCUT2D eigenvalue weighted by molar-refractivity contribution is 0.0947. The number of hydrogen-bond acceptors (Lipinski definition) is 5. The molecule has 3 aromatic rings. The van der Waals surface area contributed by atoms with Crippen LogP contribution in [0.2, 0.25) is 0 Å². The molecule has 30 heavy (non-hydrogen) atoms. The monoisotopic (exact) mass is 421 g/mol. The largest absolute Gasteiger partial charge is 0.467 e. The van der Waals surface area contributed by atoms with Crippen molar-refractivity contribution in [2.45, 2.75) is 46.6 Å². The van der Waals surface area contributed by atoms with Gasteiger partial charge in [0.1, 0.15) is 10.8 Å². The molecule has 1 amide bonds. The van der Waals surface area contributed by atoms with Crippen LogP contribution in [-0.2, 0) is 19.4 Å². The summed E-state index contributed by atoms with van der Waals surface area (Å²) in [5.74, 6) is 1.26. The maximum Gasteiger partial charge on any atom is 0.255 e. The Morgan fingerprint density at radius 3 is 2.93 bits per heavy atom. The van der Waals surface area contributed by atoms with Crippen molar-refractivity contribution in [2.24, 2.45) is 16.3 Å². The highest BCUT2D eigenvalue weighted by Gasteiger charge is 2.33. The summed E-state index contributed by atoms with van der Waals surface area (Å²) >= 11 is 1.65. The van der Waals surface area contributed by atoms with E-state index in [2.05, 4.69) is 31.1 Å². The number of rotatable bonds is 5. The van der Waals surface area contributed by atoms with Gasteiger partial charge in [-0.3, -0.25) is 9.78 Å². The van der Waals surface area contributed by atoms with Gasteiger partial charge in [0.15, 0.2) is 0 Å². The first kappa shape index (κ1) is 20.5. The Balaban J connectivity index is 1.64. The minimum Gasteiger partial charge on any atom is -0.467 e. The second-order valence-electron chi connectivity index (χ2n) is 8.80. The Bertz CT molecular complexity index is 1030. The smallest absolute Gasteiger partial charge is 0.255 e. The third-order valence-electron chi connectivity index (χ3n) is 5.72. The number of carbonyl (C=O) groups is 1. The fraction of sp³-hybridized carbons (Fsp3) is 0.375. The number of thiophene rings is 1. The number of carbonyl (C=O) groups excluding carboxylic acids is 1. The number of nitrogens with one attached hydrogen (secondary N) is 1. The summed E-state index contributed by atoms with van der Waals surface area (Å²) in [6.45, 7) is 7.27. The van der Waals surface area contributed by atoms with Crippen LogP contribution in [0.5, 0.6) is 0 Å². The molecule has 0 fully saturated rings. The molecule has 0 aliphatic heterocycles. The van der Waals surface area contributed by atoms with Gasteiger partial charge in [-0.05, 0) is 54.4 Å². The van der Waals surface area contributed by atoms with E-state index in [9.17, 15) is 4.79 Å². The number of nitrogens with zero attached hydrogens (tertiary/aromatic N) is 2. The number of amides is 1. The Morgan fingerprint density at radius 1 is 1.37 bits per heavy atom. The second-order valence-corrected chi connectivity index (χ2v) is 9.88. The van der Waals surface area contributed by atoms with Gasteiger partial charge in [-0.2, -0.15) is 0 Å². The number of furan rings is 1. The summed E-state index contributed by atoms with van der Waals surface area (Å²) in [4.78, 5) is 23.3. The van der Waals surface area contributed by atoms with Crippen molar-refractivity contribution in [3.63, 3.8) is 0 Å². The number of fused-ring (bicyclic) bond motifs is 1. The van der Waals surface area contributed by atoms with E-state index in [1.165, 1.54) is 4.88 Å². The van der Waals surface area contributed by atoms with Gasteiger partial charge >= 0.3 is 0 Å². The molecule has 1 aliphatic carbocycles. The predicted molar refractivity (Wildman–Crippen MR) is 121 cm³/mol. The Morgan fingerprint density at radius 2 is 2.23 bits per heavy atom. The number of aliphatic imine (C=N–C) groups is 1. The molecule has 0 bridgehead atoms. The van der Waals surface area contributed by atoms with E-state index in [1.54, 1.807) is 36.2 Å². The van der Waals surface area contributed by atoms with Crippen molar-refractivity contribution < 1.29 is 9.21 Å². The molecule has 3 aromatic heterocycles. The zero-order valence-corrected chi connectivity index (χ0v) is 18.5. The van der Waals surface area contributed by atoms with E-state index in [1.807, 2.05) is 24.3 Å². The van der Waals surface area contributed by atoms with Gasteiger partial charge in [0.05, 0.1) is 18.4 Å². The van der Waals surface area contributed by atoms with Crippen LogP contribution < -0.4 is 5.32 Å². The van der Waals surface area contributed by atoms with Gasteiger partial charge in [-0.1, -0.05) is 26.8 Å². The van der Waals surface area contributed by atoms with Crippen LogP contribution in [0.25, 0.3) is 0 Å². The summed E-state index contributed by atoms with van der Waals surface area (Å²) in [5, 5.41) is 3.78. The summed E-state index contributed by atoms with van der Waals surface area (Å²) in [7, 11) is 0. The van der Waals surface area contributed by atoms with Crippen LogP contribution in [0.4, 0.5) is 5.00 Å². The molecule has 4 rings (SSSR count). The Kier molecular flexibility index (Phi) is 5.86. The first-order valence-corrected chi connectivity index (χ1v) is 11.1. The molecule has 0 unspecified atom stereocenters. The minimum atomic E-state index is -0.0866. The molecule has 156 valence electrons. The summed E-state index contributed by atoms with van der Waals surface area (Å²) in [6.07, 6.45) is 9.92. The van der Waals surface area contributed by atoms with Crippen LogP contribution in [0, 0.1) is 11.3 Å². The highest BCUT2D eigenvalue weighted by atomic mass is 32.1. The summed E-state index contributed by atoms with van der Waals surface area (Å²) in [5.41, 5.74) is 3.05. The van der Waals surface area contributed by atoms with Crippen molar-refractivity contribution in [1.82, 2.24) is 10.3 Å². The molecule has 5 nitrogen and oxygen atoms in total. The molecule has 3 heterocycles. The van der Waals surface area contributed by atoms with Gasteiger partial charge in [-0.25, -0.2) is 4.99 Å². The second kappa shape index (κ2) is 8.56.